The number of rotatable bonds is 2. The Bertz CT molecular complexity index is 215. The molecule has 13 heavy (non-hydrogen) atoms. The molecule has 0 unspecified atom stereocenters. The maximum absolute atomic E-state index is 11.2. The summed E-state index contributed by atoms with van der Waals surface area (Å²) in [6, 6.07) is 0.834. The molecule has 0 bridgehead atoms. The van der Waals surface area contributed by atoms with Gasteiger partial charge >= 0.3 is 0 Å². The Morgan fingerprint density at radius 2 is 1.85 bits per heavy atom. The van der Waals surface area contributed by atoms with Gasteiger partial charge in [-0.1, -0.05) is 6.58 Å². The third-order valence-electron chi connectivity index (χ3n) is 2.86. The van der Waals surface area contributed by atoms with Crippen molar-refractivity contribution in [2.75, 3.05) is 26.2 Å². The SMILES string of the molecule is C=CC(=O)N1CCN(C2CC2)CC1. The summed E-state index contributed by atoms with van der Waals surface area (Å²) in [5.74, 6) is 0.0791. The fourth-order valence-corrected chi connectivity index (χ4v) is 1.88. The van der Waals surface area contributed by atoms with Crippen LogP contribution in [-0.4, -0.2) is 47.9 Å². The molecule has 3 nitrogen and oxygen atoms in total. The lowest BCUT2D eigenvalue weighted by atomic mass is 10.3. The third-order valence-corrected chi connectivity index (χ3v) is 2.86. The Balaban J connectivity index is 1.81. The maximum Gasteiger partial charge on any atom is 0.246 e. The highest BCUT2D eigenvalue weighted by Crippen LogP contribution is 2.27. The molecule has 2 fully saturated rings. The molecule has 0 aromatic carbocycles. The van der Waals surface area contributed by atoms with E-state index in [0.29, 0.717) is 0 Å². The predicted octanol–water partition coefficient (Wildman–Crippen LogP) is 0.479. The highest BCUT2D eigenvalue weighted by atomic mass is 16.2. The molecule has 3 heteroatoms. The summed E-state index contributed by atoms with van der Waals surface area (Å²) < 4.78 is 0. The van der Waals surface area contributed by atoms with Crippen LogP contribution in [0.1, 0.15) is 12.8 Å². The monoisotopic (exact) mass is 180 g/mol. The molecule has 0 atom stereocenters. The van der Waals surface area contributed by atoms with E-state index in [2.05, 4.69) is 11.5 Å². The first-order chi connectivity index (χ1) is 6.31. The van der Waals surface area contributed by atoms with E-state index in [4.69, 9.17) is 0 Å². The van der Waals surface area contributed by atoms with Crippen LogP contribution < -0.4 is 0 Å². The van der Waals surface area contributed by atoms with Crippen LogP contribution in [0.5, 0.6) is 0 Å². The number of carbonyl (C=O) groups is 1. The maximum atomic E-state index is 11.2. The van der Waals surface area contributed by atoms with Crippen LogP contribution in [0.3, 0.4) is 0 Å². The normalized spacial score (nSPS) is 24.5. The largest absolute Gasteiger partial charge is 0.337 e. The topological polar surface area (TPSA) is 23.6 Å². The van der Waals surface area contributed by atoms with Gasteiger partial charge in [0.2, 0.25) is 5.91 Å². The van der Waals surface area contributed by atoms with E-state index in [9.17, 15) is 4.79 Å². The van der Waals surface area contributed by atoms with Crippen molar-refractivity contribution in [1.82, 2.24) is 9.80 Å². The van der Waals surface area contributed by atoms with E-state index in [0.717, 1.165) is 32.2 Å². The van der Waals surface area contributed by atoms with E-state index in [1.165, 1.54) is 18.9 Å². The lowest BCUT2D eigenvalue weighted by Gasteiger charge is -2.34. The number of hydrogen-bond acceptors (Lipinski definition) is 2. The summed E-state index contributed by atoms with van der Waals surface area (Å²) in [6.45, 7) is 7.34. The van der Waals surface area contributed by atoms with Gasteiger partial charge < -0.3 is 4.90 Å². The predicted molar refractivity (Wildman–Crippen MR) is 51.4 cm³/mol. The summed E-state index contributed by atoms with van der Waals surface area (Å²) in [6.07, 6.45) is 4.12. The minimum atomic E-state index is 0.0791. The van der Waals surface area contributed by atoms with Gasteiger partial charge in [0.15, 0.2) is 0 Å². The van der Waals surface area contributed by atoms with E-state index in [1.807, 2.05) is 4.90 Å². The van der Waals surface area contributed by atoms with Gasteiger partial charge in [-0.15, -0.1) is 0 Å². The van der Waals surface area contributed by atoms with E-state index >= 15 is 0 Å². The molecule has 1 heterocycles. The summed E-state index contributed by atoms with van der Waals surface area (Å²) in [5, 5.41) is 0. The van der Waals surface area contributed by atoms with Crippen LogP contribution in [0, 0.1) is 0 Å². The second-order valence-electron chi connectivity index (χ2n) is 3.80. The quantitative estimate of drug-likeness (QED) is 0.577. The molecule has 0 aromatic heterocycles. The molecule has 1 saturated heterocycles. The average molecular weight is 180 g/mol. The number of piperazine rings is 1. The lowest BCUT2D eigenvalue weighted by molar-refractivity contribution is -0.127. The molecule has 0 aromatic rings. The number of amides is 1. The highest BCUT2D eigenvalue weighted by Gasteiger charge is 2.31. The van der Waals surface area contributed by atoms with Crippen molar-refractivity contribution < 1.29 is 4.79 Å². The van der Waals surface area contributed by atoms with Crippen LogP contribution in [0.25, 0.3) is 0 Å². The molecule has 2 aliphatic rings. The minimum absolute atomic E-state index is 0.0791. The molecule has 0 N–H and O–H groups in total. The molecule has 1 aliphatic heterocycles. The van der Waals surface area contributed by atoms with Crippen molar-refractivity contribution in [3.8, 4) is 0 Å². The Hall–Kier alpha value is -0.830. The molecule has 72 valence electrons. The molecule has 1 saturated carbocycles. The number of hydrogen-bond donors (Lipinski definition) is 0. The molecular weight excluding hydrogens is 164 g/mol. The van der Waals surface area contributed by atoms with Crippen molar-refractivity contribution >= 4 is 5.91 Å². The van der Waals surface area contributed by atoms with Gasteiger partial charge in [-0.3, -0.25) is 9.69 Å². The van der Waals surface area contributed by atoms with Crippen LogP contribution in [-0.2, 0) is 4.79 Å². The van der Waals surface area contributed by atoms with Crippen LogP contribution in [0.15, 0.2) is 12.7 Å². The zero-order valence-corrected chi connectivity index (χ0v) is 7.91. The van der Waals surface area contributed by atoms with Crippen molar-refractivity contribution in [1.29, 1.82) is 0 Å². The molecule has 2 rings (SSSR count). The average Bonchev–Trinajstić information content (AvgIpc) is 3.00. The summed E-state index contributed by atoms with van der Waals surface area (Å²) in [5.41, 5.74) is 0. The van der Waals surface area contributed by atoms with Crippen molar-refractivity contribution in [3.63, 3.8) is 0 Å². The van der Waals surface area contributed by atoms with Gasteiger partial charge in [0.1, 0.15) is 0 Å². The van der Waals surface area contributed by atoms with E-state index in [1.54, 1.807) is 0 Å². The van der Waals surface area contributed by atoms with Gasteiger partial charge in [-0.2, -0.15) is 0 Å². The van der Waals surface area contributed by atoms with Crippen molar-refractivity contribution in [2.24, 2.45) is 0 Å². The first-order valence-electron chi connectivity index (χ1n) is 4.96. The van der Waals surface area contributed by atoms with Crippen molar-refractivity contribution in [2.45, 2.75) is 18.9 Å². The summed E-state index contributed by atoms with van der Waals surface area (Å²) in [7, 11) is 0. The Labute approximate surface area is 79.0 Å². The first kappa shape index (κ1) is 8.75. The van der Waals surface area contributed by atoms with Crippen molar-refractivity contribution in [3.05, 3.63) is 12.7 Å². The standard InChI is InChI=1S/C10H16N2O/c1-2-10(13)12-7-5-11(6-8-12)9-3-4-9/h2,9H,1,3-8H2. The third kappa shape index (κ3) is 1.91. The fourth-order valence-electron chi connectivity index (χ4n) is 1.88. The highest BCUT2D eigenvalue weighted by molar-refractivity contribution is 5.87. The zero-order chi connectivity index (χ0) is 9.26. The fraction of sp³-hybridized carbons (Fsp3) is 0.700. The number of nitrogens with zero attached hydrogens (tertiary/aromatic N) is 2. The van der Waals surface area contributed by atoms with E-state index < -0.39 is 0 Å². The first-order valence-corrected chi connectivity index (χ1v) is 4.96. The molecule has 0 spiro atoms. The summed E-state index contributed by atoms with van der Waals surface area (Å²) >= 11 is 0. The van der Waals surface area contributed by atoms with E-state index in [-0.39, 0.29) is 5.91 Å². The molecule has 1 amide bonds. The smallest absolute Gasteiger partial charge is 0.246 e. The molecular formula is C10H16N2O. The van der Waals surface area contributed by atoms with Gasteiger partial charge in [0, 0.05) is 32.2 Å². The number of carbonyl (C=O) groups excluding carboxylic acids is 1. The summed E-state index contributed by atoms with van der Waals surface area (Å²) in [4.78, 5) is 15.6. The minimum Gasteiger partial charge on any atom is -0.337 e. The van der Waals surface area contributed by atoms with Crippen LogP contribution in [0.2, 0.25) is 0 Å². The van der Waals surface area contributed by atoms with Crippen LogP contribution >= 0.6 is 0 Å². The Kier molecular flexibility index (Phi) is 2.36. The lowest BCUT2D eigenvalue weighted by Crippen LogP contribution is -2.48. The Morgan fingerprint density at radius 1 is 1.23 bits per heavy atom. The second-order valence-corrected chi connectivity index (χ2v) is 3.80. The van der Waals surface area contributed by atoms with Gasteiger partial charge in [-0.25, -0.2) is 0 Å². The van der Waals surface area contributed by atoms with Gasteiger partial charge in [0.25, 0.3) is 0 Å². The second kappa shape index (κ2) is 3.50. The van der Waals surface area contributed by atoms with Crippen LogP contribution in [0.4, 0.5) is 0 Å². The molecule has 0 radical (unpaired) electrons. The zero-order valence-electron chi connectivity index (χ0n) is 7.91. The Morgan fingerprint density at radius 3 is 2.31 bits per heavy atom. The van der Waals surface area contributed by atoms with Gasteiger partial charge in [-0.05, 0) is 18.9 Å². The van der Waals surface area contributed by atoms with Gasteiger partial charge in [0.05, 0.1) is 0 Å². The molecule has 1 aliphatic carbocycles.